The van der Waals surface area contributed by atoms with Gasteiger partial charge >= 0.3 is 0 Å². The number of likely N-dealkylation sites (tertiary alicyclic amines) is 1. The molecule has 21 heavy (non-hydrogen) atoms. The first kappa shape index (κ1) is 15.8. The fourth-order valence-corrected chi connectivity index (χ4v) is 2.80. The molecule has 0 aromatic heterocycles. The molecule has 114 valence electrons. The maximum Gasteiger partial charge on any atom is 0.136 e. The van der Waals surface area contributed by atoms with Crippen molar-refractivity contribution in [2.75, 3.05) is 33.8 Å². The minimum atomic E-state index is 0.386. The number of nitrogens with zero attached hydrogens (tertiary/aromatic N) is 2. The largest absolute Gasteiger partial charge is 0.495 e. The second kappa shape index (κ2) is 6.93. The molecule has 1 aliphatic heterocycles. The molecule has 0 radical (unpaired) electrons. The fraction of sp³-hybridized carbons (Fsp3) is 0.588. The number of nitriles is 1. The van der Waals surface area contributed by atoms with Crippen LogP contribution in [-0.2, 0) is 6.54 Å². The van der Waals surface area contributed by atoms with Gasteiger partial charge in [-0.25, -0.2) is 0 Å². The molecule has 0 aliphatic carbocycles. The Morgan fingerprint density at radius 3 is 2.71 bits per heavy atom. The summed E-state index contributed by atoms with van der Waals surface area (Å²) in [6, 6.07) is 7.97. The number of rotatable bonds is 5. The molecule has 4 nitrogen and oxygen atoms in total. The molecule has 0 amide bonds. The van der Waals surface area contributed by atoms with Gasteiger partial charge in [0.2, 0.25) is 0 Å². The van der Waals surface area contributed by atoms with Crippen LogP contribution < -0.4 is 10.1 Å². The average Bonchev–Trinajstić information content (AvgIpc) is 2.50. The van der Waals surface area contributed by atoms with Crippen LogP contribution in [0.4, 0.5) is 0 Å². The number of hydrogen-bond acceptors (Lipinski definition) is 4. The van der Waals surface area contributed by atoms with Gasteiger partial charge in [0, 0.05) is 13.1 Å². The van der Waals surface area contributed by atoms with Crippen LogP contribution in [0, 0.1) is 16.7 Å². The molecule has 0 bridgehead atoms. The van der Waals surface area contributed by atoms with Crippen molar-refractivity contribution in [1.29, 1.82) is 5.26 Å². The smallest absolute Gasteiger partial charge is 0.136 e. The van der Waals surface area contributed by atoms with Crippen LogP contribution in [0.3, 0.4) is 0 Å². The Bertz CT molecular complexity index is 513. The predicted octanol–water partition coefficient (Wildman–Crippen LogP) is 2.39. The van der Waals surface area contributed by atoms with Gasteiger partial charge in [0.1, 0.15) is 11.8 Å². The summed E-state index contributed by atoms with van der Waals surface area (Å²) in [5, 5.41) is 12.7. The summed E-state index contributed by atoms with van der Waals surface area (Å²) in [4.78, 5) is 2.39. The molecule has 0 saturated carbocycles. The van der Waals surface area contributed by atoms with Crippen LogP contribution in [0.5, 0.6) is 5.75 Å². The summed E-state index contributed by atoms with van der Waals surface area (Å²) in [6.07, 6.45) is 2.48. The van der Waals surface area contributed by atoms with Gasteiger partial charge in [-0.05, 0) is 56.1 Å². The summed E-state index contributed by atoms with van der Waals surface area (Å²) in [5.74, 6) is 0.642. The Morgan fingerprint density at radius 1 is 1.38 bits per heavy atom. The highest BCUT2D eigenvalue weighted by Crippen LogP contribution is 2.29. The van der Waals surface area contributed by atoms with E-state index >= 15 is 0 Å². The van der Waals surface area contributed by atoms with Gasteiger partial charge in [0.25, 0.3) is 0 Å². The Kier molecular flexibility index (Phi) is 5.22. The summed E-state index contributed by atoms with van der Waals surface area (Å²) < 4.78 is 5.17. The maximum atomic E-state index is 9.11. The molecule has 1 saturated heterocycles. The number of methoxy groups -OCH3 is 1. The Labute approximate surface area is 127 Å². The molecule has 0 atom stereocenters. The summed E-state index contributed by atoms with van der Waals surface area (Å²) in [6.45, 7) is 6.54. The quantitative estimate of drug-likeness (QED) is 0.903. The minimum Gasteiger partial charge on any atom is -0.495 e. The molecular formula is C17H25N3O. The normalized spacial score (nSPS) is 18.2. The monoisotopic (exact) mass is 287 g/mol. The summed E-state index contributed by atoms with van der Waals surface area (Å²) >= 11 is 0. The second-order valence-corrected chi connectivity index (χ2v) is 6.36. The van der Waals surface area contributed by atoms with E-state index in [1.165, 1.54) is 25.9 Å². The molecule has 1 heterocycles. The highest BCUT2D eigenvalue weighted by molar-refractivity contribution is 5.45. The predicted molar refractivity (Wildman–Crippen MR) is 84.3 cm³/mol. The zero-order chi connectivity index (χ0) is 15.3. The van der Waals surface area contributed by atoms with Crippen molar-refractivity contribution in [3.63, 3.8) is 0 Å². The molecule has 4 heteroatoms. The first-order valence-electron chi connectivity index (χ1n) is 7.53. The molecule has 1 aromatic carbocycles. The summed E-state index contributed by atoms with van der Waals surface area (Å²) in [5.41, 5.74) is 2.11. The molecule has 0 unspecified atom stereocenters. The van der Waals surface area contributed by atoms with Crippen LogP contribution in [0.2, 0.25) is 0 Å². The van der Waals surface area contributed by atoms with Crippen molar-refractivity contribution in [3.05, 3.63) is 29.3 Å². The second-order valence-electron chi connectivity index (χ2n) is 6.36. The molecular weight excluding hydrogens is 262 g/mol. The van der Waals surface area contributed by atoms with Gasteiger partial charge in [0.15, 0.2) is 0 Å². The fourth-order valence-electron chi connectivity index (χ4n) is 2.80. The molecule has 1 fully saturated rings. The lowest BCUT2D eigenvalue weighted by Gasteiger charge is -2.38. The van der Waals surface area contributed by atoms with E-state index in [0.717, 1.165) is 18.7 Å². The van der Waals surface area contributed by atoms with Gasteiger partial charge in [-0.15, -0.1) is 0 Å². The maximum absolute atomic E-state index is 9.11. The van der Waals surface area contributed by atoms with Crippen LogP contribution in [0.15, 0.2) is 18.2 Å². The third kappa shape index (κ3) is 4.20. The number of benzene rings is 1. The number of piperidine rings is 1. The molecule has 1 aromatic rings. The third-order valence-electron chi connectivity index (χ3n) is 4.46. The number of nitrogens with one attached hydrogen (secondary N) is 1. The molecule has 0 spiro atoms. The van der Waals surface area contributed by atoms with E-state index in [0.29, 0.717) is 16.7 Å². The highest BCUT2D eigenvalue weighted by Gasteiger charge is 2.28. The van der Waals surface area contributed by atoms with E-state index < -0.39 is 0 Å². The van der Waals surface area contributed by atoms with Gasteiger partial charge in [-0.1, -0.05) is 13.0 Å². The number of hydrogen-bond donors (Lipinski definition) is 1. The lowest BCUT2D eigenvalue weighted by molar-refractivity contribution is 0.137. The Balaban J connectivity index is 1.87. The van der Waals surface area contributed by atoms with E-state index in [1.54, 1.807) is 7.11 Å². The topological polar surface area (TPSA) is 48.3 Å². The van der Waals surface area contributed by atoms with Gasteiger partial charge < -0.3 is 15.0 Å². The van der Waals surface area contributed by atoms with Gasteiger partial charge in [-0.2, -0.15) is 5.26 Å². The van der Waals surface area contributed by atoms with Crippen molar-refractivity contribution >= 4 is 0 Å². The average molecular weight is 287 g/mol. The van der Waals surface area contributed by atoms with E-state index in [4.69, 9.17) is 10.00 Å². The van der Waals surface area contributed by atoms with E-state index in [1.807, 2.05) is 18.2 Å². The minimum absolute atomic E-state index is 0.386. The Hall–Kier alpha value is -1.57. The molecule has 1 aliphatic rings. The molecule has 1 N–H and O–H groups in total. The first-order valence-corrected chi connectivity index (χ1v) is 7.53. The van der Waals surface area contributed by atoms with Gasteiger partial charge in [0.05, 0.1) is 12.7 Å². The lowest BCUT2D eigenvalue weighted by Crippen LogP contribution is -2.41. The highest BCUT2D eigenvalue weighted by atomic mass is 16.5. The first-order chi connectivity index (χ1) is 10.1. The van der Waals surface area contributed by atoms with Gasteiger partial charge in [-0.3, -0.25) is 0 Å². The standard InChI is InChI=1S/C17H25N3O/c1-17(6-8-20(2)9-7-17)13-19-12-14-4-5-16(21-3)15(10-14)11-18/h4-5,10,19H,6-9,12-13H2,1-3H3. The zero-order valence-electron chi connectivity index (χ0n) is 13.3. The van der Waals surface area contributed by atoms with Crippen molar-refractivity contribution < 1.29 is 4.74 Å². The van der Waals surface area contributed by atoms with Crippen molar-refractivity contribution in [1.82, 2.24) is 10.2 Å². The van der Waals surface area contributed by atoms with E-state index in [9.17, 15) is 0 Å². The van der Waals surface area contributed by atoms with Crippen LogP contribution in [0.1, 0.15) is 30.9 Å². The molecule has 2 rings (SSSR count). The van der Waals surface area contributed by atoms with Crippen molar-refractivity contribution in [3.8, 4) is 11.8 Å². The van der Waals surface area contributed by atoms with E-state index in [-0.39, 0.29) is 0 Å². The SMILES string of the molecule is COc1ccc(CNCC2(C)CCN(C)CC2)cc1C#N. The van der Waals surface area contributed by atoms with Crippen molar-refractivity contribution in [2.45, 2.75) is 26.3 Å². The lowest BCUT2D eigenvalue weighted by atomic mass is 9.80. The third-order valence-corrected chi connectivity index (χ3v) is 4.46. The van der Waals surface area contributed by atoms with Crippen LogP contribution in [0.25, 0.3) is 0 Å². The van der Waals surface area contributed by atoms with Crippen molar-refractivity contribution in [2.24, 2.45) is 5.41 Å². The van der Waals surface area contributed by atoms with E-state index in [2.05, 4.69) is 30.3 Å². The van der Waals surface area contributed by atoms with Crippen LogP contribution >= 0.6 is 0 Å². The Morgan fingerprint density at radius 2 is 2.10 bits per heavy atom. The zero-order valence-corrected chi connectivity index (χ0v) is 13.3. The summed E-state index contributed by atoms with van der Waals surface area (Å²) in [7, 11) is 3.78. The number of ether oxygens (including phenoxy) is 1. The van der Waals surface area contributed by atoms with Crippen LogP contribution in [-0.4, -0.2) is 38.7 Å².